The van der Waals surface area contributed by atoms with Crippen molar-refractivity contribution >= 4 is 28.6 Å². The third-order valence-electron chi connectivity index (χ3n) is 2.73. The number of benzene rings is 1. The minimum Gasteiger partial charge on any atom is -0.376 e. The number of nitrogens with zero attached hydrogens (tertiary/aromatic N) is 1. The molecule has 18 heavy (non-hydrogen) atoms. The number of hydrogen-bond acceptors (Lipinski definition) is 3. The zero-order chi connectivity index (χ0) is 13.0. The largest absolute Gasteiger partial charge is 0.376 e. The molecule has 92 valence electrons. The Hall–Kier alpha value is -1.50. The molecule has 1 unspecified atom stereocenters. The molecule has 1 atom stereocenters. The lowest BCUT2D eigenvalue weighted by Crippen LogP contribution is -2.09. The quantitative estimate of drug-likeness (QED) is 0.868. The maximum absolute atomic E-state index is 9.11. The van der Waals surface area contributed by atoms with Crippen molar-refractivity contribution in [2.45, 2.75) is 19.4 Å². The monoisotopic (exact) mass is 276 g/mol. The van der Waals surface area contributed by atoms with Gasteiger partial charge in [0, 0.05) is 9.90 Å². The average Bonchev–Trinajstić information content (AvgIpc) is 2.91. The van der Waals surface area contributed by atoms with Crippen LogP contribution >= 0.6 is 22.9 Å². The summed E-state index contributed by atoms with van der Waals surface area (Å²) in [6, 6.07) is 11.9. The Kier molecular flexibility index (Phi) is 4.24. The number of hydrogen-bond donors (Lipinski definition) is 1. The Bertz CT molecular complexity index is 558. The highest BCUT2D eigenvalue weighted by molar-refractivity contribution is 7.10. The van der Waals surface area contributed by atoms with Gasteiger partial charge in [-0.3, -0.25) is 0 Å². The van der Waals surface area contributed by atoms with Crippen molar-refractivity contribution < 1.29 is 0 Å². The van der Waals surface area contributed by atoms with E-state index < -0.39 is 0 Å². The van der Waals surface area contributed by atoms with Gasteiger partial charge in [-0.15, -0.1) is 11.3 Å². The van der Waals surface area contributed by atoms with Gasteiger partial charge in [-0.05, 0) is 36.1 Å². The summed E-state index contributed by atoms with van der Waals surface area (Å²) >= 11 is 7.61. The fourth-order valence-electron chi connectivity index (χ4n) is 1.79. The minimum atomic E-state index is 0.235. The van der Waals surface area contributed by atoms with E-state index in [2.05, 4.69) is 29.8 Å². The number of rotatable bonds is 4. The van der Waals surface area contributed by atoms with Crippen LogP contribution in [0.1, 0.15) is 29.8 Å². The van der Waals surface area contributed by atoms with Crippen molar-refractivity contribution in [3.8, 4) is 6.07 Å². The molecule has 0 aliphatic rings. The van der Waals surface area contributed by atoms with Crippen LogP contribution < -0.4 is 5.32 Å². The molecule has 1 aromatic carbocycles. The molecule has 2 nitrogen and oxygen atoms in total. The van der Waals surface area contributed by atoms with E-state index in [-0.39, 0.29) is 6.04 Å². The highest BCUT2D eigenvalue weighted by Crippen LogP contribution is 2.28. The van der Waals surface area contributed by atoms with Crippen LogP contribution in [0.4, 0.5) is 5.69 Å². The van der Waals surface area contributed by atoms with Crippen LogP contribution in [0.3, 0.4) is 0 Å². The fraction of sp³-hybridized carbons (Fsp3) is 0.214. The van der Waals surface area contributed by atoms with E-state index in [4.69, 9.17) is 16.9 Å². The summed E-state index contributed by atoms with van der Waals surface area (Å²) in [5.41, 5.74) is 1.42. The van der Waals surface area contributed by atoms with Gasteiger partial charge < -0.3 is 5.32 Å². The molecule has 1 aromatic heterocycles. The molecule has 4 heteroatoms. The molecule has 0 fully saturated rings. The minimum absolute atomic E-state index is 0.235. The van der Waals surface area contributed by atoms with E-state index in [9.17, 15) is 0 Å². The van der Waals surface area contributed by atoms with Gasteiger partial charge in [0.15, 0.2) is 0 Å². The van der Waals surface area contributed by atoms with Crippen LogP contribution in [0.2, 0.25) is 5.02 Å². The van der Waals surface area contributed by atoms with Gasteiger partial charge in [-0.1, -0.05) is 24.6 Å². The number of anilines is 1. The van der Waals surface area contributed by atoms with Gasteiger partial charge in [0.2, 0.25) is 0 Å². The maximum Gasteiger partial charge on any atom is 0.101 e. The lowest BCUT2D eigenvalue weighted by molar-refractivity contribution is 0.763. The van der Waals surface area contributed by atoms with E-state index in [0.717, 1.165) is 12.1 Å². The van der Waals surface area contributed by atoms with Crippen molar-refractivity contribution in [1.82, 2.24) is 0 Å². The highest BCUT2D eigenvalue weighted by Gasteiger charge is 2.12. The molecular weight excluding hydrogens is 264 g/mol. The Morgan fingerprint density at radius 2 is 2.28 bits per heavy atom. The van der Waals surface area contributed by atoms with Gasteiger partial charge in [-0.2, -0.15) is 5.26 Å². The van der Waals surface area contributed by atoms with Crippen LogP contribution in [0.25, 0.3) is 0 Å². The third kappa shape index (κ3) is 2.84. The Morgan fingerprint density at radius 1 is 1.44 bits per heavy atom. The number of nitriles is 1. The molecule has 1 heterocycles. The number of nitrogens with one attached hydrogen (secondary N) is 1. The van der Waals surface area contributed by atoms with E-state index in [1.54, 1.807) is 23.5 Å². The summed E-state index contributed by atoms with van der Waals surface area (Å²) < 4.78 is 0. The predicted octanol–water partition coefficient (Wildman–Crippen LogP) is 4.84. The zero-order valence-corrected chi connectivity index (χ0v) is 11.6. The second-order valence-corrected chi connectivity index (χ2v) is 5.34. The molecule has 0 radical (unpaired) electrons. The summed E-state index contributed by atoms with van der Waals surface area (Å²) in [5, 5.41) is 15.2. The first-order chi connectivity index (χ1) is 8.74. The molecule has 2 aromatic rings. The highest BCUT2D eigenvalue weighted by atomic mass is 35.5. The van der Waals surface area contributed by atoms with Gasteiger partial charge in [-0.25, -0.2) is 0 Å². The first-order valence-electron chi connectivity index (χ1n) is 5.74. The standard InChI is InChI=1S/C14H13ClN2S/c1-2-12(14-4-3-7-18-14)17-13-6-5-11(15)8-10(13)9-16/h3-8,12,17H,2H2,1H3. The molecule has 0 saturated carbocycles. The SMILES string of the molecule is CCC(Nc1ccc(Cl)cc1C#N)c1cccs1. The summed E-state index contributed by atoms with van der Waals surface area (Å²) in [7, 11) is 0. The van der Waals surface area contributed by atoms with Crippen LogP contribution in [-0.2, 0) is 0 Å². The van der Waals surface area contributed by atoms with Crippen molar-refractivity contribution in [2.75, 3.05) is 5.32 Å². The van der Waals surface area contributed by atoms with Crippen LogP contribution in [0.5, 0.6) is 0 Å². The van der Waals surface area contributed by atoms with E-state index in [0.29, 0.717) is 10.6 Å². The molecule has 0 bridgehead atoms. The van der Waals surface area contributed by atoms with E-state index in [1.807, 2.05) is 12.1 Å². The Balaban J connectivity index is 2.25. The number of halogens is 1. The molecule has 0 spiro atoms. The van der Waals surface area contributed by atoms with Crippen molar-refractivity contribution in [3.63, 3.8) is 0 Å². The summed E-state index contributed by atoms with van der Waals surface area (Å²) in [6.07, 6.45) is 0.966. The summed E-state index contributed by atoms with van der Waals surface area (Å²) in [4.78, 5) is 1.27. The predicted molar refractivity (Wildman–Crippen MR) is 77.1 cm³/mol. The first-order valence-corrected chi connectivity index (χ1v) is 7.00. The second kappa shape index (κ2) is 5.90. The van der Waals surface area contributed by atoms with Crippen LogP contribution in [0.15, 0.2) is 35.7 Å². The molecule has 2 rings (SSSR count). The average molecular weight is 277 g/mol. The molecule has 0 amide bonds. The van der Waals surface area contributed by atoms with E-state index >= 15 is 0 Å². The van der Waals surface area contributed by atoms with Gasteiger partial charge in [0.1, 0.15) is 6.07 Å². The van der Waals surface area contributed by atoms with Crippen LogP contribution in [0, 0.1) is 11.3 Å². The lowest BCUT2D eigenvalue weighted by Gasteiger charge is -2.17. The molecule has 0 aliphatic heterocycles. The van der Waals surface area contributed by atoms with Crippen molar-refractivity contribution in [3.05, 3.63) is 51.2 Å². The lowest BCUT2D eigenvalue weighted by atomic mass is 10.1. The van der Waals surface area contributed by atoms with Crippen molar-refractivity contribution in [1.29, 1.82) is 5.26 Å². The number of thiophene rings is 1. The second-order valence-electron chi connectivity index (χ2n) is 3.92. The van der Waals surface area contributed by atoms with Gasteiger partial charge >= 0.3 is 0 Å². The first kappa shape index (κ1) is 12.9. The van der Waals surface area contributed by atoms with Crippen molar-refractivity contribution in [2.24, 2.45) is 0 Å². The molecule has 1 N–H and O–H groups in total. The Labute approximate surface area is 116 Å². The zero-order valence-electron chi connectivity index (χ0n) is 9.98. The Morgan fingerprint density at radius 3 is 2.89 bits per heavy atom. The molecular formula is C14H13ClN2S. The smallest absolute Gasteiger partial charge is 0.101 e. The fourth-order valence-corrected chi connectivity index (χ4v) is 2.82. The van der Waals surface area contributed by atoms with Gasteiger partial charge in [0.25, 0.3) is 0 Å². The topological polar surface area (TPSA) is 35.8 Å². The molecule has 0 saturated heterocycles. The van der Waals surface area contributed by atoms with Gasteiger partial charge in [0.05, 0.1) is 17.3 Å². The molecule has 0 aliphatic carbocycles. The maximum atomic E-state index is 9.11. The summed E-state index contributed by atoms with van der Waals surface area (Å²) in [5.74, 6) is 0. The summed E-state index contributed by atoms with van der Waals surface area (Å²) in [6.45, 7) is 2.12. The van der Waals surface area contributed by atoms with E-state index in [1.165, 1.54) is 4.88 Å². The normalized spacial score (nSPS) is 11.8. The van der Waals surface area contributed by atoms with Crippen LogP contribution in [-0.4, -0.2) is 0 Å². The third-order valence-corrected chi connectivity index (χ3v) is 3.95.